The molecule has 1 saturated heterocycles. The van der Waals surface area contributed by atoms with Gasteiger partial charge in [0.05, 0.1) is 11.1 Å². The fraction of sp³-hybridized carbons (Fsp3) is 0.538. The summed E-state index contributed by atoms with van der Waals surface area (Å²) in [7, 11) is 0. The van der Waals surface area contributed by atoms with Gasteiger partial charge in [0.1, 0.15) is 6.61 Å². The maximum atomic E-state index is 11.9. The second-order valence-electron chi connectivity index (χ2n) is 4.30. The summed E-state index contributed by atoms with van der Waals surface area (Å²) in [6.07, 6.45) is 4.45. The van der Waals surface area contributed by atoms with Crippen LogP contribution in [0.3, 0.4) is 0 Å². The van der Waals surface area contributed by atoms with E-state index in [2.05, 4.69) is 22.1 Å². The number of nitrogens with zero attached hydrogens (tertiary/aromatic N) is 1. The van der Waals surface area contributed by atoms with Gasteiger partial charge in [0.25, 0.3) is 0 Å². The van der Waals surface area contributed by atoms with E-state index in [0.717, 1.165) is 29.2 Å². The molecule has 4 nitrogen and oxygen atoms in total. The third kappa shape index (κ3) is 4.86. The molecule has 0 saturated carbocycles. The summed E-state index contributed by atoms with van der Waals surface area (Å²) in [6, 6.07) is 0. The highest BCUT2D eigenvalue weighted by Gasteiger charge is 2.17. The molecular weight excluding hydrogens is 280 g/mol. The topological polar surface area (TPSA) is 62.2 Å². The number of carbonyl (C=O) groups excluding carboxylic acids is 1. The molecule has 19 heavy (non-hydrogen) atoms. The Morgan fingerprint density at radius 3 is 3.05 bits per heavy atom. The van der Waals surface area contributed by atoms with E-state index in [9.17, 15) is 4.79 Å². The van der Waals surface area contributed by atoms with E-state index in [1.807, 2.05) is 11.8 Å². The first-order chi connectivity index (χ1) is 9.28. The molecule has 0 radical (unpaired) electrons. The summed E-state index contributed by atoms with van der Waals surface area (Å²) in [5, 5.41) is 12.0. The molecule has 1 amide bonds. The smallest absolute Gasteiger partial charge is 0.226 e. The van der Waals surface area contributed by atoms with E-state index in [0.29, 0.717) is 17.5 Å². The Morgan fingerprint density at radius 1 is 1.53 bits per heavy atom. The van der Waals surface area contributed by atoms with Gasteiger partial charge in [-0.05, 0) is 30.3 Å². The van der Waals surface area contributed by atoms with Crippen LogP contribution in [0.5, 0.6) is 0 Å². The van der Waals surface area contributed by atoms with Gasteiger partial charge in [-0.15, -0.1) is 0 Å². The van der Waals surface area contributed by atoms with Crippen LogP contribution in [0.15, 0.2) is 6.20 Å². The third-order valence-corrected chi connectivity index (χ3v) is 4.73. The van der Waals surface area contributed by atoms with Gasteiger partial charge in [0.2, 0.25) is 5.91 Å². The van der Waals surface area contributed by atoms with Gasteiger partial charge in [-0.1, -0.05) is 23.2 Å². The quantitative estimate of drug-likeness (QED) is 0.837. The second kappa shape index (κ2) is 7.53. The van der Waals surface area contributed by atoms with Crippen LogP contribution in [0.1, 0.15) is 24.1 Å². The number of anilines is 1. The highest BCUT2D eigenvalue weighted by atomic mass is 32.2. The lowest BCUT2D eigenvalue weighted by Crippen LogP contribution is -2.19. The minimum absolute atomic E-state index is 0.0351. The number of aromatic nitrogens is 1. The van der Waals surface area contributed by atoms with Crippen molar-refractivity contribution in [2.24, 2.45) is 5.92 Å². The lowest BCUT2D eigenvalue weighted by molar-refractivity contribution is -0.117. The van der Waals surface area contributed by atoms with Gasteiger partial charge < -0.3 is 10.4 Å². The zero-order valence-corrected chi connectivity index (χ0v) is 12.1. The maximum Gasteiger partial charge on any atom is 0.226 e. The monoisotopic (exact) mass is 296 g/mol. The van der Waals surface area contributed by atoms with Gasteiger partial charge >= 0.3 is 0 Å². The number of hydrogen-bond acceptors (Lipinski definition) is 5. The Morgan fingerprint density at radius 2 is 2.32 bits per heavy atom. The predicted molar refractivity (Wildman–Crippen MR) is 79.4 cm³/mol. The van der Waals surface area contributed by atoms with Gasteiger partial charge in [0.15, 0.2) is 5.13 Å². The Hall–Kier alpha value is -1.03. The van der Waals surface area contributed by atoms with E-state index in [4.69, 9.17) is 5.11 Å². The molecule has 1 aromatic heterocycles. The molecule has 1 aliphatic heterocycles. The number of nitrogens with one attached hydrogen (secondary N) is 1. The number of thiazole rings is 1. The largest absolute Gasteiger partial charge is 0.384 e. The van der Waals surface area contributed by atoms with Crippen LogP contribution < -0.4 is 5.32 Å². The maximum absolute atomic E-state index is 11.9. The molecule has 1 fully saturated rings. The molecule has 0 unspecified atom stereocenters. The molecule has 0 aliphatic carbocycles. The average Bonchev–Trinajstić information content (AvgIpc) is 2.85. The van der Waals surface area contributed by atoms with E-state index in [1.54, 1.807) is 6.20 Å². The first-order valence-corrected chi connectivity index (χ1v) is 8.18. The van der Waals surface area contributed by atoms with Gasteiger partial charge in [0, 0.05) is 6.42 Å². The summed E-state index contributed by atoms with van der Waals surface area (Å²) in [5.74, 6) is 8.20. The summed E-state index contributed by atoms with van der Waals surface area (Å²) in [6.45, 7) is -0.167. The summed E-state index contributed by atoms with van der Waals surface area (Å²) >= 11 is 3.29. The van der Waals surface area contributed by atoms with Crippen LogP contribution >= 0.6 is 23.1 Å². The van der Waals surface area contributed by atoms with Crippen LogP contribution in [0.2, 0.25) is 0 Å². The molecule has 6 heteroatoms. The van der Waals surface area contributed by atoms with Crippen molar-refractivity contribution in [2.45, 2.75) is 19.3 Å². The summed E-state index contributed by atoms with van der Waals surface area (Å²) in [4.78, 5) is 16.7. The fourth-order valence-corrected chi connectivity index (χ4v) is 3.81. The zero-order valence-electron chi connectivity index (χ0n) is 10.5. The minimum Gasteiger partial charge on any atom is -0.384 e. The normalized spacial score (nSPS) is 15.6. The number of hydrogen-bond donors (Lipinski definition) is 2. The van der Waals surface area contributed by atoms with Crippen LogP contribution in [0.25, 0.3) is 0 Å². The first-order valence-electron chi connectivity index (χ1n) is 6.21. The van der Waals surface area contributed by atoms with E-state index in [-0.39, 0.29) is 12.5 Å². The summed E-state index contributed by atoms with van der Waals surface area (Å²) in [5.41, 5.74) is 0. The standard InChI is InChI=1S/C13H16N2O2S2/c16-5-1-2-11-9-14-13(19-11)15-12(17)8-10-3-6-18-7-4-10/h9-10,16H,3-8H2,(H,14,15,17). The third-order valence-electron chi connectivity index (χ3n) is 2.86. The van der Waals surface area contributed by atoms with Crippen molar-refractivity contribution in [3.05, 3.63) is 11.1 Å². The SMILES string of the molecule is O=C(CC1CCSCC1)Nc1ncc(C#CCO)s1. The van der Waals surface area contributed by atoms with E-state index >= 15 is 0 Å². The minimum atomic E-state index is -0.167. The molecule has 0 bridgehead atoms. The van der Waals surface area contributed by atoms with Crippen LogP contribution in [0, 0.1) is 17.8 Å². The first kappa shape index (κ1) is 14.4. The number of amides is 1. The number of aliphatic hydroxyl groups excluding tert-OH is 1. The molecule has 1 aliphatic rings. The number of thioether (sulfide) groups is 1. The van der Waals surface area contributed by atoms with Crippen molar-refractivity contribution < 1.29 is 9.90 Å². The van der Waals surface area contributed by atoms with Crippen molar-refractivity contribution >= 4 is 34.1 Å². The summed E-state index contributed by atoms with van der Waals surface area (Å²) < 4.78 is 0. The molecule has 0 spiro atoms. The number of rotatable bonds is 3. The van der Waals surface area contributed by atoms with Gasteiger partial charge in [-0.3, -0.25) is 4.79 Å². The molecule has 0 aromatic carbocycles. The van der Waals surface area contributed by atoms with Gasteiger partial charge in [-0.2, -0.15) is 11.8 Å². The van der Waals surface area contributed by atoms with E-state index in [1.165, 1.54) is 11.3 Å². The number of aliphatic hydroxyl groups is 1. The Labute approximate surface area is 121 Å². The molecule has 2 heterocycles. The lowest BCUT2D eigenvalue weighted by atomic mass is 9.99. The number of carbonyl (C=O) groups is 1. The molecule has 102 valence electrons. The Balaban J connectivity index is 1.82. The second-order valence-corrected chi connectivity index (χ2v) is 6.55. The van der Waals surface area contributed by atoms with Crippen LogP contribution in [-0.2, 0) is 4.79 Å². The van der Waals surface area contributed by atoms with Crippen molar-refractivity contribution in [3.63, 3.8) is 0 Å². The Kier molecular flexibility index (Phi) is 5.70. The highest BCUT2D eigenvalue weighted by Crippen LogP contribution is 2.26. The molecule has 2 rings (SSSR count). The molecular formula is C13H16N2O2S2. The van der Waals surface area contributed by atoms with Crippen LogP contribution in [-0.4, -0.2) is 34.1 Å². The highest BCUT2D eigenvalue weighted by molar-refractivity contribution is 7.99. The lowest BCUT2D eigenvalue weighted by Gasteiger charge is -2.20. The average molecular weight is 296 g/mol. The van der Waals surface area contributed by atoms with Crippen molar-refractivity contribution in [2.75, 3.05) is 23.4 Å². The molecule has 2 N–H and O–H groups in total. The van der Waals surface area contributed by atoms with Crippen molar-refractivity contribution in [1.82, 2.24) is 4.98 Å². The predicted octanol–water partition coefficient (Wildman–Crippen LogP) is 1.96. The van der Waals surface area contributed by atoms with E-state index < -0.39 is 0 Å². The van der Waals surface area contributed by atoms with Crippen LogP contribution in [0.4, 0.5) is 5.13 Å². The molecule has 0 atom stereocenters. The van der Waals surface area contributed by atoms with Gasteiger partial charge in [-0.25, -0.2) is 4.98 Å². The Bertz CT molecular complexity index is 484. The molecule has 1 aromatic rings. The zero-order chi connectivity index (χ0) is 13.5. The van der Waals surface area contributed by atoms with Crippen molar-refractivity contribution in [3.8, 4) is 11.8 Å². The fourth-order valence-electron chi connectivity index (χ4n) is 1.90. The van der Waals surface area contributed by atoms with Crippen molar-refractivity contribution in [1.29, 1.82) is 0 Å².